The van der Waals surface area contributed by atoms with Crippen LogP contribution in [0.5, 0.6) is 0 Å². The summed E-state index contributed by atoms with van der Waals surface area (Å²) < 4.78 is 20.4. The Bertz CT molecular complexity index is 899. The number of rotatable bonds is 5. The lowest BCUT2D eigenvalue weighted by Gasteiger charge is -2.36. The molecule has 1 heterocycles. The maximum atomic E-state index is 15.0. The number of carbonyl (C=O) groups excluding carboxylic acids is 2. The maximum Gasteiger partial charge on any atom is 0.196 e. The third kappa shape index (κ3) is 4.02. The van der Waals surface area contributed by atoms with E-state index in [2.05, 4.69) is 0 Å². The van der Waals surface area contributed by atoms with E-state index in [1.165, 1.54) is 37.3 Å². The fourth-order valence-corrected chi connectivity index (χ4v) is 3.77. The number of halogens is 2. The van der Waals surface area contributed by atoms with Gasteiger partial charge < -0.3 is 9.84 Å². The Balaban J connectivity index is 2.06. The quantitative estimate of drug-likeness (QED) is 0.743. The van der Waals surface area contributed by atoms with E-state index in [1.54, 1.807) is 6.92 Å². The number of hydrogen-bond donors (Lipinski definition) is 1. The minimum absolute atomic E-state index is 0.0396. The van der Waals surface area contributed by atoms with E-state index in [9.17, 15) is 14.7 Å². The SMILES string of the molecule is CC(=O)c1cc(C(C)(O)C2CCOCC2)cc(F)c1C(=O)c1ccc(Cl)cc1. The number of ketones is 2. The van der Waals surface area contributed by atoms with Gasteiger partial charge in [-0.1, -0.05) is 11.6 Å². The van der Waals surface area contributed by atoms with E-state index < -0.39 is 23.0 Å². The van der Waals surface area contributed by atoms with Crippen LogP contribution in [-0.4, -0.2) is 29.9 Å². The first-order valence-electron chi connectivity index (χ1n) is 9.17. The fourth-order valence-electron chi connectivity index (χ4n) is 3.65. The topological polar surface area (TPSA) is 63.6 Å². The van der Waals surface area contributed by atoms with Gasteiger partial charge in [0.2, 0.25) is 0 Å². The summed E-state index contributed by atoms with van der Waals surface area (Å²) in [5.41, 5.74) is -1.15. The molecule has 1 unspecified atom stereocenters. The zero-order valence-electron chi connectivity index (χ0n) is 15.8. The Labute approximate surface area is 168 Å². The monoisotopic (exact) mass is 404 g/mol. The number of carbonyl (C=O) groups is 2. The molecule has 1 fully saturated rings. The molecule has 2 aromatic carbocycles. The summed E-state index contributed by atoms with van der Waals surface area (Å²) in [5.74, 6) is -1.99. The Morgan fingerprint density at radius 3 is 2.36 bits per heavy atom. The third-order valence-corrected chi connectivity index (χ3v) is 5.66. The molecule has 1 aliphatic rings. The van der Waals surface area contributed by atoms with Crippen LogP contribution in [0.3, 0.4) is 0 Å². The van der Waals surface area contributed by atoms with Gasteiger partial charge >= 0.3 is 0 Å². The molecule has 1 N–H and O–H groups in total. The van der Waals surface area contributed by atoms with Crippen LogP contribution in [0, 0.1) is 11.7 Å². The standard InChI is InChI=1S/C22H22ClFO4/c1-13(25)18-11-16(22(2,27)15-7-9-28-10-8-15)12-19(24)20(18)21(26)14-3-5-17(23)6-4-14/h3-6,11-12,15,27H,7-10H2,1-2H3. The van der Waals surface area contributed by atoms with Gasteiger partial charge in [-0.2, -0.15) is 0 Å². The van der Waals surface area contributed by atoms with Gasteiger partial charge in [0.1, 0.15) is 5.82 Å². The van der Waals surface area contributed by atoms with Crippen molar-refractivity contribution in [2.24, 2.45) is 5.92 Å². The van der Waals surface area contributed by atoms with Crippen molar-refractivity contribution in [3.05, 3.63) is 69.5 Å². The molecule has 28 heavy (non-hydrogen) atoms. The first-order valence-corrected chi connectivity index (χ1v) is 9.55. The van der Waals surface area contributed by atoms with E-state index in [1.807, 2.05) is 0 Å². The summed E-state index contributed by atoms with van der Waals surface area (Å²) in [6, 6.07) is 8.63. The number of hydrogen-bond acceptors (Lipinski definition) is 4. The number of Topliss-reactive ketones (excluding diaryl/α,β-unsaturated/α-hetero) is 1. The number of aliphatic hydroxyl groups is 1. The van der Waals surface area contributed by atoms with Crippen LogP contribution in [0.15, 0.2) is 36.4 Å². The molecule has 0 bridgehead atoms. The highest BCUT2D eigenvalue weighted by atomic mass is 35.5. The van der Waals surface area contributed by atoms with E-state index in [-0.39, 0.29) is 28.2 Å². The predicted molar refractivity (Wildman–Crippen MR) is 104 cm³/mol. The molecule has 1 saturated heterocycles. The van der Waals surface area contributed by atoms with Crippen molar-refractivity contribution in [2.45, 2.75) is 32.3 Å². The second-order valence-corrected chi connectivity index (χ2v) is 7.74. The number of benzene rings is 2. The molecule has 3 rings (SSSR count). The van der Waals surface area contributed by atoms with Crippen LogP contribution >= 0.6 is 11.6 Å². The first-order chi connectivity index (χ1) is 13.2. The molecule has 148 valence electrons. The molecule has 0 spiro atoms. The molecule has 0 radical (unpaired) electrons. The van der Waals surface area contributed by atoms with Crippen molar-refractivity contribution in [1.29, 1.82) is 0 Å². The minimum Gasteiger partial charge on any atom is -0.385 e. The van der Waals surface area contributed by atoms with Crippen molar-refractivity contribution in [3.63, 3.8) is 0 Å². The van der Waals surface area contributed by atoms with Crippen molar-refractivity contribution >= 4 is 23.2 Å². The molecule has 6 heteroatoms. The summed E-state index contributed by atoms with van der Waals surface area (Å²) in [5, 5.41) is 11.5. The maximum absolute atomic E-state index is 15.0. The summed E-state index contributed by atoms with van der Waals surface area (Å²) in [6.45, 7) is 3.94. The molecule has 0 aliphatic carbocycles. The highest BCUT2D eigenvalue weighted by Crippen LogP contribution is 2.37. The van der Waals surface area contributed by atoms with Crippen LogP contribution in [0.4, 0.5) is 4.39 Å². The van der Waals surface area contributed by atoms with Crippen molar-refractivity contribution in [1.82, 2.24) is 0 Å². The Morgan fingerprint density at radius 2 is 1.79 bits per heavy atom. The van der Waals surface area contributed by atoms with Crippen LogP contribution in [0.2, 0.25) is 5.02 Å². The molecule has 1 aliphatic heterocycles. The van der Waals surface area contributed by atoms with Crippen LogP contribution in [0.1, 0.15) is 58.5 Å². The summed E-state index contributed by atoms with van der Waals surface area (Å²) in [6.07, 6.45) is 1.27. The third-order valence-electron chi connectivity index (χ3n) is 5.40. The van der Waals surface area contributed by atoms with Gasteiger partial charge in [-0.25, -0.2) is 4.39 Å². The van der Waals surface area contributed by atoms with Gasteiger partial charge in [0.05, 0.1) is 11.2 Å². The molecule has 0 saturated carbocycles. The van der Waals surface area contributed by atoms with Crippen LogP contribution < -0.4 is 0 Å². The van der Waals surface area contributed by atoms with Gasteiger partial charge in [-0.05, 0) is 74.6 Å². The predicted octanol–water partition coefficient (Wildman–Crippen LogP) is 4.55. The van der Waals surface area contributed by atoms with Crippen molar-refractivity contribution in [3.8, 4) is 0 Å². The molecule has 4 nitrogen and oxygen atoms in total. The average molecular weight is 405 g/mol. The van der Waals surface area contributed by atoms with Crippen LogP contribution in [-0.2, 0) is 10.3 Å². The highest BCUT2D eigenvalue weighted by Gasteiger charge is 2.36. The summed E-state index contributed by atoms with van der Waals surface area (Å²) in [4.78, 5) is 25.1. The van der Waals surface area contributed by atoms with Crippen molar-refractivity contribution < 1.29 is 23.8 Å². The lowest BCUT2D eigenvalue weighted by atomic mass is 9.77. The lowest BCUT2D eigenvalue weighted by molar-refractivity contribution is -0.0581. The molecular weight excluding hydrogens is 383 g/mol. The molecule has 1 atom stereocenters. The molecule has 2 aromatic rings. The zero-order valence-corrected chi connectivity index (χ0v) is 16.6. The number of ether oxygens (including phenoxy) is 1. The Kier molecular flexibility index (Phi) is 5.98. The Hall–Kier alpha value is -2.08. The van der Waals surface area contributed by atoms with Gasteiger partial charge in [-0.3, -0.25) is 9.59 Å². The van der Waals surface area contributed by atoms with E-state index in [0.717, 1.165) is 6.07 Å². The van der Waals surface area contributed by atoms with Gasteiger partial charge in [0.15, 0.2) is 11.6 Å². The normalized spacial score (nSPS) is 17.2. The zero-order chi connectivity index (χ0) is 20.5. The van der Waals surface area contributed by atoms with E-state index >= 15 is 4.39 Å². The molecular formula is C22H22ClFO4. The first kappa shape index (κ1) is 20.6. The summed E-state index contributed by atoms with van der Waals surface area (Å²) >= 11 is 5.84. The molecule has 0 aromatic heterocycles. The minimum atomic E-state index is -1.34. The van der Waals surface area contributed by atoms with Crippen LogP contribution in [0.25, 0.3) is 0 Å². The Morgan fingerprint density at radius 1 is 1.18 bits per heavy atom. The van der Waals surface area contributed by atoms with Gasteiger partial charge in [0, 0.05) is 29.4 Å². The van der Waals surface area contributed by atoms with E-state index in [4.69, 9.17) is 16.3 Å². The van der Waals surface area contributed by atoms with E-state index in [0.29, 0.717) is 31.1 Å². The largest absolute Gasteiger partial charge is 0.385 e. The average Bonchev–Trinajstić information content (AvgIpc) is 2.68. The summed E-state index contributed by atoms with van der Waals surface area (Å²) in [7, 11) is 0. The smallest absolute Gasteiger partial charge is 0.196 e. The molecule has 0 amide bonds. The fraction of sp³-hybridized carbons (Fsp3) is 0.364. The van der Waals surface area contributed by atoms with Gasteiger partial charge in [-0.15, -0.1) is 0 Å². The second kappa shape index (κ2) is 8.11. The van der Waals surface area contributed by atoms with Gasteiger partial charge in [0.25, 0.3) is 0 Å². The highest BCUT2D eigenvalue weighted by molar-refractivity contribution is 6.30. The van der Waals surface area contributed by atoms with Crippen molar-refractivity contribution in [2.75, 3.05) is 13.2 Å². The second-order valence-electron chi connectivity index (χ2n) is 7.31. The lowest BCUT2D eigenvalue weighted by Crippen LogP contribution is -2.36.